The third-order valence-corrected chi connectivity index (χ3v) is 6.24. The SMILES string of the molecule is Cc1c(Br)c(C(C)[C@@H](C)Br)c(C)c2c1oc1ccccc12. The van der Waals surface area contributed by atoms with Crippen LogP contribution in [0.25, 0.3) is 21.9 Å². The van der Waals surface area contributed by atoms with Gasteiger partial charge in [0.25, 0.3) is 0 Å². The van der Waals surface area contributed by atoms with Gasteiger partial charge in [-0.25, -0.2) is 0 Å². The standard InChI is InChI=1S/C18H18Br2O/c1-9(12(4)19)15-10(2)16-13-7-5-6-8-14(13)21-18(16)11(3)17(15)20/h5-9,12H,1-4H3/t9?,12-/m1/s1. The predicted molar refractivity (Wildman–Crippen MR) is 97.7 cm³/mol. The van der Waals surface area contributed by atoms with E-state index in [4.69, 9.17) is 4.42 Å². The second-order valence-electron chi connectivity index (χ2n) is 5.75. The molecule has 0 aliphatic rings. The molecule has 0 bridgehead atoms. The highest BCUT2D eigenvalue weighted by molar-refractivity contribution is 9.10. The molecule has 0 saturated heterocycles. The smallest absolute Gasteiger partial charge is 0.139 e. The van der Waals surface area contributed by atoms with Crippen molar-refractivity contribution in [3.63, 3.8) is 0 Å². The van der Waals surface area contributed by atoms with Crippen LogP contribution in [0, 0.1) is 13.8 Å². The Morgan fingerprint density at radius 2 is 1.71 bits per heavy atom. The molecule has 3 aromatic rings. The summed E-state index contributed by atoms with van der Waals surface area (Å²) in [5.74, 6) is 0.427. The van der Waals surface area contributed by atoms with Gasteiger partial charge in [0.2, 0.25) is 0 Å². The predicted octanol–water partition coefficient (Wildman–Crippen LogP) is 6.85. The summed E-state index contributed by atoms with van der Waals surface area (Å²) in [5, 5.41) is 2.46. The number of fused-ring (bicyclic) bond motifs is 3. The van der Waals surface area contributed by atoms with E-state index in [1.807, 2.05) is 12.1 Å². The highest BCUT2D eigenvalue weighted by atomic mass is 79.9. The van der Waals surface area contributed by atoms with Crippen molar-refractivity contribution in [1.82, 2.24) is 0 Å². The molecule has 0 N–H and O–H groups in total. The van der Waals surface area contributed by atoms with Crippen LogP contribution in [0.3, 0.4) is 0 Å². The summed E-state index contributed by atoms with van der Waals surface area (Å²) in [6.07, 6.45) is 0. The zero-order valence-electron chi connectivity index (χ0n) is 12.6. The van der Waals surface area contributed by atoms with Crippen molar-refractivity contribution >= 4 is 53.8 Å². The second-order valence-corrected chi connectivity index (χ2v) is 7.98. The van der Waals surface area contributed by atoms with Gasteiger partial charge in [0.1, 0.15) is 11.2 Å². The number of hydrogen-bond acceptors (Lipinski definition) is 1. The molecule has 1 heterocycles. The van der Waals surface area contributed by atoms with Gasteiger partial charge in [-0.3, -0.25) is 0 Å². The molecule has 0 fully saturated rings. The first-order chi connectivity index (χ1) is 9.93. The molecule has 1 nitrogen and oxygen atoms in total. The van der Waals surface area contributed by atoms with Crippen LogP contribution in [0.15, 0.2) is 33.2 Å². The van der Waals surface area contributed by atoms with Crippen molar-refractivity contribution in [3.8, 4) is 0 Å². The molecule has 0 radical (unpaired) electrons. The average Bonchev–Trinajstić information content (AvgIpc) is 2.84. The molecular formula is C18H18Br2O. The number of para-hydroxylation sites is 1. The van der Waals surface area contributed by atoms with Crippen molar-refractivity contribution in [2.45, 2.75) is 38.4 Å². The Morgan fingerprint density at radius 1 is 1.05 bits per heavy atom. The maximum Gasteiger partial charge on any atom is 0.139 e. The largest absolute Gasteiger partial charge is 0.456 e. The molecule has 3 heteroatoms. The van der Waals surface area contributed by atoms with Gasteiger partial charge in [0, 0.05) is 25.6 Å². The first-order valence-electron chi connectivity index (χ1n) is 7.17. The van der Waals surface area contributed by atoms with Crippen molar-refractivity contribution in [2.24, 2.45) is 0 Å². The lowest BCUT2D eigenvalue weighted by atomic mass is 9.89. The number of alkyl halides is 1. The molecule has 2 aromatic carbocycles. The van der Waals surface area contributed by atoms with Gasteiger partial charge in [-0.05, 0) is 37.0 Å². The minimum Gasteiger partial charge on any atom is -0.456 e. The number of furan rings is 1. The van der Waals surface area contributed by atoms with Gasteiger partial charge in [0.15, 0.2) is 0 Å². The lowest BCUT2D eigenvalue weighted by molar-refractivity contribution is 0.663. The molecule has 1 aromatic heterocycles. The third kappa shape index (κ3) is 2.25. The van der Waals surface area contributed by atoms with Gasteiger partial charge in [-0.1, -0.05) is 63.9 Å². The molecule has 3 rings (SSSR count). The Labute approximate surface area is 142 Å². The van der Waals surface area contributed by atoms with Crippen LogP contribution in [-0.4, -0.2) is 4.83 Å². The third-order valence-electron chi connectivity index (χ3n) is 4.43. The molecular weight excluding hydrogens is 392 g/mol. The Balaban J connectivity index is 2.48. The van der Waals surface area contributed by atoms with E-state index in [0.29, 0.717) is 10.7 Å². The number of hydrogen-bond donors (Lipinski definition) is 0. The first-order valence-corrected chi connectivity index (χ1v) is 8.88. The Kier molecular flexibility index (Phi) is 3.91. The molecule has 0 saturated carbocycles. The van der Waals surface area contributed by atoms with E-state index in [0.717, 1.165) is 11.2 Å². The molecule has 2 atom stereocenters. The fourth-order valence-electron chi connectivity index (χ4n) is 3.05. The van der Waals surface area contributed by atoms with E-state index < -0.39 is 0 Å². The van der Waals surface area contributed by atoms with Gasteiger partial charge in [0.05, 0.1) is 0 Å². The lowest BCUT2D eigenvalue weighted by Gasteiger charge is -2.21. The summed E-state index contributed by atoms with van der Waals surface area (Å²) in [6.45, 7) is 8.79. The fourth-order valence-corrected chi connectivity index (χ4v) is 4.16. The summed E-state index contributed by atoms with van der Waals surface area (Å²) in [6, 6.07) is 8.28. The van der Waals surface area contributed by atoms with Crippen molar-refractivity contribution in [1.29, 1.82) is 0 Å². The van der Waals surface area contributed by atoms with Crippen LogP contribution in [0.4, 0.5) is 0 Å². The maximum absolute atomic E-state index is 6.10. The number of halogens is 2. The molecule has 1 unspecified atom stereocenters. The van der Waals surface area contributed by atoms with E-state index in [1.165, 1.54) is 31.9 Å². The van der Waals surface area contributed by atoms with Gasteiger partial charge < -0.3 is 4.42 Å². The van der Waals surface area contributed by atoms with Crippen LogP contribution in [0.5, 0.6) is 0 Å². The maximum atomic E-state index is 6.10. The molecule has 21 heavy (non-hydrogen) atoms. The number of aryl methyl sites for hydroxylation is 2. The summed E-state index contributed by atoms with van der Waals surface area (Å²) in [5.41, 5.74) is 5.82. The summed E-state index contributed by atoms with van der Waals surface area (Å²) < 4.78 is 7.27. The molecule has 0 aliphatic carbocycles. The monoisotopic (exact) mass is 408 g/mol. The van der Waals surface area contributed by atoms with Crippen LogP contribution in [-0.2, 0) is 0 Å². The quantitative estimate of drug-likeness (QED) is 0.421. The Hall–Kier alpha value is -0.800. The first kappa shape index (κ1) is 15.1. The Bertz CT molecular complexity index is 830. The minimum absolute atomic E-state index is 0.419. The van der Waals surface area contributed by atoms with E-state index in [9.17, 15) is 0 Å². The highest BCUT2D eigenvalue weighted by Gasteiger charge is 2.23. The lowest BCUT2D eigenvalue weighted by Crippen LogP contribution is -2.08. The fraction of sp³-hybridized carbons (Fsp3) is 0.333. The Morgan fingerprint density at radius 3 is 2.38 bits per heavy atom. The van der Waals surface area contributed by atoms with Crippen molar-refractivity contribution in [3.05, 3.63) is 45.4 Å². The van der Waals surface area contributed by atoms with Crippen LogP contribution < -0.4 is 0 Å². The van der Waals surface area contributed by atoms with Gasteiger partial charge in [-0.15, -0.1) is 0 Å². The second kappa shape index (κ2) is 5.44. The topological polar surface area (TPSA) is 13.1 Å². The van der Waals surface area contributed by atoms with Gasteiger partial charge >= 0.3 is 0 Å². The van der Waals surface area contributed by atoms with Crippen LogP contribution in [0.1, 0.15) is 36.5 Å². The molecule has 0 aliphatic heterocycles. The van der Waals surface area contributed by atoms with E-state index in [1.54, 1.807) is 0 Å². The number of benzene rings is 2. The minimum atomic E-state index is 0.419. The van der Waals surface area contributed by atoms with E-state index >= 15 is 0 Å². The average molecular weight is 410 g/mol. The van der Waals surface area contributed by atoms with Crippen LogP contribution in [0.2, 0.25) is 0 Å². The summed E-state index contributed by atoms with van der Waals surface area (Å²) in [4.78, 5) is 0.419. The van der Waals surface area contributed by atoms with E-state index in [-0.39, 0.29) is 0 Å². The zero-order chi connectivity index (χ0) is 15.3. The van der Waals surface area contributed by atoms with Crippen molar-refractivity contribution < 1.29 is 4.42 Å². The molecule has 0 spiro atoms. The zero-order valence-corrected chi connectivity index (χ0v) is 15.8. The van der Waals surface area contributed by atoms with Crippen LogP contribution >= 0.6 is 31.9 Å². The summed E-state index contributed by atoms with van der Waals surface area (Å²) in [7, 11) is 0. The van der Waals surface area contributed by atoms with Crippen molar-refractivity contribution in [2.75, 3.05) is 0 Å². The van der Waals surface area contributed by atoms with Gasteiger partial charge in [-0.2, -0.15) is 0 Å². The summed E-state index contributed by atoms with van der Waals surface area (Å²) >= 11 is 7.53. The molecule has 0 amide bonds. The highest BCUT2D eigenvalue weighted by Crippen LogP contribution is 2.43. The normalized spacial score (nSPS) is 14.8. The van der Waals surface area contributed by atoms with E-state index in [2.05, 4.69) is 71.7 Å². The molecule has 110 valence electrons. The number of rotatable bonds is 2.